The van der Waals surface area contributed by atoms with Crippen molar-refractivity contribution in [2.45, 2.75) is 25.4 Å². The molecule has 18 heavy (non-hydrogen) atoms. The summed E-state index contributed by atoms with van der Waals surface area (Å²) in [7, 11) is -2.86. The summed E-state index contributed by atoms with van der Waals surface area (Å²) in [5.41, 5.74) is 7.29. The zero-order chi connectivity index (χ0) is 13.2. The van der Waals surface area contributed by atoms with Crippen molar-refractivity contribution in [3.05, 3.63) is 22.4 Å². The average Bonchev–Trinajstić information content (AvgIpc) is 2.72. The lowest BCUT2D eigenvalue weighted by molar-refractivity contribution is 0.190. The van der Waals surface area contributed by atoms with Gasteiger partial charge in [0, 0.05) is 12.6 Å². The van der Waals surface area contributed by atoms with Crippen LogP contribution in [0.5, 0.6) is 0 Å². The first-order valence-corrected chi connectivity index (χ1v) is 8.98. The molecule has 1 fully saturated rings. The number of hydrogen-bond donors (Lipinski definition) is 1. The van der Waals surface area contributed by atoms with Crippen LogP contribution in [0.15, 0.2) is 16.8 Å². The highest BCUT2D eigenvalue weighted by Gasteiger charge is 2.28. The summed E-state index contributed by atoms with van der Waals surface area (Å²) in [6.45, 7) is 3.38. The third kappa shape index (κ3) is 3.32. The monoisotopic (exact) mass is 288 g/mol. The van der Waals surface area contributed by atoms with Crippen molar-refractivity contribution in [3.63, 3.8) is 0 Å². The molecule has 2 N–H and O–H groups in total. The highest BCUT2D eigenvalue weighted by atomic mass is 32.2. The second-order valence-corrected chi connectivity index (χ2v) is 7.99. The molecule has 0 aliphatic carbocycles. The lowest BCUT2D eigenvalue weighted by Gasteiger charge is -2.32. The van der Waals surface area contributed by atoms with Gasteiger partial charge < -0.3 is 5.73 Å². The lowest BCUT2D eigenvalue weighted by Crippen LogP contribution is -2.40. The Labute approximate surface area is 113 Å². The second kappa shape index (κ2) is 5.69. The normalized spacial score (nSPS) is 24.3. The largest absolute Gasteiger partial charge is 0.326 e. The summed E-state index contributed by atoms with van der Waals surface area (Å²) in [6, 6.07) is 2.21. The van der Waals surface area contributed by atoms with Gasteiger partial charge in [0.15, 0.2) is 9.84 Å². The van der Waals surface area contributed by atoms with E-state index in [1.807, 2.05) is 12.3 Å². The molecule has 0 saturated carbocycles. The minimum Gasteiger partial charge on any atom is -0.326 e. The third-order valence-electron chi connectivity index (χ3n) is 3.37. The number of nitrogens with zero attached hydrogens (tertiary/aromatic N) is 1. The maximum atomic E-state index is 11.6. The zero-order valence-corrected chi connectivity index (χ0v) is 12.2. The van der Waals surface area contributed by atoms with Crippen LogP contribution in [-0.2, 0) is 9.84 Å². The Bertz CT molecular complexity index is 468. The van der Waals surface area contributed by atoms with Gasteiger partial charge in [-0.2, -0.15) is 11.3 Å². The SMILES string of the molecule is CC(N)C(c1ccsc1)N1CCCS(=O)(=O)CC1. The van der Waals surface area contributed by atoms with Crippen molar-refractivity contribution in [2.75, 3.05) is 24.6 Å². The van der Waals surface area contributed by atoms with Crippen LogP contribution in [0, 0.1) is 0 Å². The molecule has 0 aromatic carbocycles. The fourth-order valence-corrected chi connectivity index (χ4v) is 4.50. The van der Waals surface area contributed by atoms with Crippen LogP contribution in [0.2, 0.25) is 0 Å². The molecule has 6 heteroatoms. The molecule has 1 aromatic rings. The topological polar surface area (TPSA) is 63.4 Å². The molecule has 2 rings (SSSR count). The molecule has 2 unspecified atom stereocenters. The van der Waals surface area contributed by atoms with Crippen molar-refractivity contribution in [1.29, 1.82) is 0 Å². The van der Waals surface area contributed by atoms with E-state index in [0.717, 1.165) is 6.54 Å². The first kappa shape index (κ1) is 14.0. The van der Waals surface area contributed by atoms with Crippen LogP contribution >= 0.6 is 11.3 Å². The standard InChI is InChI=1S/C12H20N2O2S2/c1-10(13)12(11-3-6-17-9-11)14-4-2-7-18(15,16)8-5-14/h3,6,9-10,12H,2,4-5,7-8,13H2,1H3. The molecular formula is C12H20N2O2S2. The van der Waals surface area contributed by atoms with Crippen molar-refractivity contribution >= 4 is 21.2 Å². The van der Waals surface area contributed by atoms with Gasteiger partial charge >= 0.3 is 0 Å². The van der Waals surface area contributed by atoms with E-state index in [1.165, 1.54) is 5.56 Å². The van der Waals surface area contributed by atoms with Crippen LogP contribution < -0.4 is 5.73 Å². The average molecular weight is 288 g/mol. The quantitative estimate of drug-likeness (QED) is 0.909. The van der Waals surface area contributed by atoms with Crippen molar-refractivity contribution < 1.29 is 8.42 Å². The van der Waals surface area contributed by atoms with E-state index in [9.17, 15) is 8.42 Å². The maximum Gasteiger partial charge on any atom is 0.151 e. The molecular weight excluding hydrogens is 268 g/mol. The van der Waals surface area contributed by atoms with Crippen LogP contribution in [0.4, 0.5) is 0 Å². The Kier molecular flexibility index (Phi) is 4.42. The van der Waals surface area contributed by atoms with Gasteiger partial charge in [0.2, 0.25) is 0 Å². The van der Waals surface area contributed by atoms with Gasteiger partial charge in [-0.3, -0.25) is 4.90 Å². The summed E-state index contributed by atoms with van der Waals surface area (Å²) in [6.07, 6.45) is 0.704. The molecule has 0 radical (unpaired) electrons. The van der Waals surface area contributed by atoms with E-state index < -0.39 is 9.84 Å². The third-order valence-corrected chi connectivity index (χ3v) is 5.78. The Balaban J connectivity index is 2.17. The van der Waals surface area contributed by atoms with E-state index in [2.05, 4.69) is 16.3 Å². The van der Waals surface area contributed by atoms with Crippen molar-refractivity contribution in [3.8, 4) is 0 Å². The predicted octanol–water partition coefficient (Wildman–Crippen LogP) is 1.26. The molecule has 0 spiro atoms. The van der Waals surface area contributed by atoms with Gasteiger partial charge in [-0.15, -0.1) is 0 Å². The summed E-state index contributed by atoms with van der Waals surface area (Å²) in [4.78, 5) is 2.22. The highest BCUT2D eigenvalue weighted by Crippen LogP contribution is 2.26. The van der Waals surface area contributed by atoms with E-state index >= 15 is 0 Å². The van der Waals surface area contributed by atoms with Gasteiger partial charge in [0.1, 0.15) is 0 Å². The van der Waals surface area contributed by atoms with Crippen LogP contribution in [0.25, 0.3) is 0 Å². The Morgan fingerprint density at radius 1 is 1.39 bits per heavy atom. The van der Waals surface area contributed by atoms with E-state index in [-0.39, 0.29) is 17.8 Å². The Morgan fingerprint density at radius 3 is 2.78 bits per heavy atom. The number of sulfone groups is 1. The molecule has 0 bridgehead atoms. The van der Waals surface area contributed by atoms with Gasteiger partial charge in [-0.25, -0.2) is 8.42 Å². The summed E-state index contributed by atoms with van der Waals surface area (Å²) >= 11 is 1.65. The smallest absolute Gasteiger partial charge is 0.151 e. The first-order chi connectivity index (χ1) is 8.49. The van der Waals surface area contributed by atoms with E-state index in [4.69, 9.17) is 5.73 Å². The van der Waals surface area contributed by atoms with Crippen LogP contribution in [0.3, 0.4) is 0 Å². The highest BCUT2D eigenvalue weighted by molar-refractivity contribution is 7.91. The van der Waals surface area contributed by atoms with Crippen molar-refractivity contribution in [2.24, 2.45) is 5.73 Å². The molecule has 102 valence electrons. The maximum absolute atomic E-state index is 11.6. The molecule has 0 amide bonds. The van der Waals surface area contributed by atoms with Crippen molar-refractivity contribution in [1.82, 2.24) is 4.90 Å². The fourth-order valence-electron chi connectivity index (χ4n) is 2.53. The zero-order valence-electron chi connectivity index (χ0n) is 10.6. The summed E-state index contributed by atoms with van der Waals surface area (Å²) in [5.74, 6) is 0.555. The van der Waals surface area contributed by atoms with Crippen LogP contribution in [-0.4, -0.2) is 44.0 Å². The first-order valence-electron chi connectivity index (χ1n) is 6.22. The summed E-state index contributed by atoms with van der Waals surface area (Å²) < 4.78 is 23.3. The lowest BCUT2D eigenvalue weighted by atomic mass is 10.0. The van der Waals surface area contributed by atoms with Gasteiger partial charge in [-0.05, 0) is 42.3 Å². The Morgan fingerprint density at radius 2 is 2.17 bits per heavy atom. The summed E-state index contributed by atoms with van der Waals surface area (Å²) in [5, 5.41) is 4.15. The van der Waals surface area contributed by atoms with Gasteiger partial charge in [0.05, 0.1) is 17.5 Å². The molecule has 1 aliphatic heterocycles. The Hall–Kier alpha value is -0.430. The number of nitrogens with two attached hydrogens (primary N) is 1. The van der Waals surface area contributed by atoms with E-state index in [1.54, 1.807) is 11.3 Å². The minimum atomic E-state index is -2.86. The molecule has 2 atom stereocenters. The van der Waals surface area contributed by atoms with Gasteiger partial charge in [-0.1, -0.05) is 0 Å². The predicted molar refractivity (Wildman–Crippen MR) is 75.6 cm³/mol. The fraction of sp³-hybridized carbons (Fsp3) is 0.667. The van der Waals surface area contributed by atoms with Crippen LogP contribution in [0.1, 0.15) is 24.9 Å². The number of hydrogen-bond acceptors (Lipinski definition) is 5. The molecule has 1 aromatic heterocycles. The number of rotatable bonds is 3. The van der Waals surface area contributed by atoms with E-state index in [0.29, 0.717) is 18.7 Å². The molecule has 2 heterocycles. The molecule has 4 nitrogen and oxygen atoms in total. The minimum absolute atomic E-state index is 0.000374. The van der Waals surface area contributed by atoms with Gasteiger partial charge in [0.25, 0.3) is 0 Å². The second-order valence-electron chi connectivity index (χ2n) is 4.90. The number of thiophene rings is 1. The molecule has 1 aliphatic rings. The molecule has 1 saturated heterocycles.